The Morgan fingerprint density at radius 1 is 1.00 bits per heavy atom. The van der Waals surface area contributed by atoms with Crippen LogP contribution in [0.15, 0.2) is 53.3 Å². The van der Waals surface area contributed by atoms with Gasteiger partial charge in [0.05, 0.1) is 16.6 Å². The highest BCUT2D eigenvalue weighted by Crippen LogP contribution is 2.14. The summed E-state index contributed by atoms with van der Waals surface area (Å²) >= 11 is 0. The molecule has 158 valence electrons. The minimum absolute atomic E-state index is 0.152. The van der Waals surface area contributed by atoms with Crippen molar-refractivity contribution < 1.29 is 14.4 Å². The molecule has 0 unspecified atom stereocenters. The minimum atomic E-state index is -0.258. The molecule has 8 nitrogen and oxygen atoms in total. The number of hydrogen-bond acceptors (Lipinski definition) is 5. The van der Waals surface area contributed by atoms with Crippen LogP contribution >= 0.6 is 0 Å². The van der Waals surface area contributed by atoms with E-state index in [0.29, 0.717) is 47.5 Å². The monoisotopic (exact) mass is 418 g/mol. The highest BCUT2D eigenvalue weighted by atomic mass is 16.2. The number of para-hydroxylation sites is 1. The number of carbonyl (C=O) groups is 3. The number of imide groups is 1. The van der Waals surface area contributed by atoms with E-state index in [4.69, 9.17) is 0 Å². The molecular weight excluding hydrogens is 396 g/mol. The maximum Gasteiger partial charge on any atom is 0.265 e. The highest BCUT2D eigenvalue weighted by molar-refractivity contribution is 6.01. The molecule has 2 aromatic carbocycles. The fourth-order valence-electron chi connectivity index (χ4n) is 3.72. The molecule has 0 aliphatic carbocycles. The van der Waals surface area contributed by atoms with Gasteiger partial charge in [-0.1, -0.05) is 12.1 Å². The molecule has 0 spiro atoms. The van der Waals surface area contributed by atoms with E-state index in [2.05, 4.69) is 10.3 Å². The van der Waals surface area contributed by atoms with Crippen LogP contribution in [-0.2, 0) is 9.59 Å². The normalized spacial score (nSPS) is 13.8. The van der Waals surface area contributed by atoms with E-state index in [1.165, 1.54) is 9.47 Å². The van der Waals surface area contributed by atoms with E-state index in [-0.39, 0.29) is 36.1 Å². The van der Waals surface area contributed by atoms with Crippen LogP contribution in [0.5, 0.6) is 0 Å². The second kappa shape index (κ2) is 8.51. The van der Waals surface area contributed by atoms with Gasteiger partial charge in [-0.2, -0.15) is 0 Å². The van der Waals surface area contributed by atoms with Gasteiger partial charge in [-0.25, -0.2) is 4.98 Å². The van der Waals surface area contributed by atoms with Gasteiger partial charge in [-0.15, -0.1) is 0 Å². The zero-order valence-electron chi connectivity index (χ0n) is 17.1. The van der Waals surface area contributed by atoms with Crippen molar-refractivity contribution in [2.75, 3.05) is 13.1 Å². The first-order chi connectivity index (χ1) is 15.0. The largest absolute Gasteiger partial charge is 0.352 e. The summed E-state index contributed by atoms with van der Waals surface area (Å²) in [6.45, 7) is 2.43. The van der Waals surface area contributed by atoms with Gasteiger partial charge >= 0.3 is 0 Å². The van der Waals surface area contributed by atoms with Crippen molar-refractivity contribution in [2.24, 2.45) is 0 Å². The first-order valence-corrected chi connectivity index (χ1v) is 10.2. The van der Waals surface area contributed by atoms with E-state index in [1.807, 2.05) is 6.07 Å². The molecule has 1 fully saturated rings. The van der Waals surface area contributed by atoms with Gasteiger partial charge in [0.15, 0.2) is 0 Å². The van der Waals surface area contributed by atoms with Gasteiger partial charge in [0.25, 0.3) is 11.5 Å². The molecule has 1 aromatic heterocycles. The lowest BCUT2D eigenvalue weighted by Gasteiger charge is -2.14. The van der Waals surface area contributed by atoms with Crippen molar-refractivity contribution in [3.05, 3.63) is 70.3 Å². The summed E-state index contributed by atoms with van der Waals surface area (Å²) in [5, 5.41) is 3.32. The molecule has 0 atom stereocenters. The summed E-state index contributed by atoms with van der Waals surface area (Å²) in [4.78, 5) is 54.2. The molecule has 8 heteroatoms. The Hall–Kier alpha value is -3.81. The Kier molecular flexibility index (Phi) is 5.62. The number of amides is 3. The first-order valence-electron chi connectivity index (χ1n) is 10.2. The average molecular weight is 418 g/mol. The van der Waals surface area contributed by atoms with Crippen LogP contribution in [0.3, 0.4) is 0 Å². The maximum absolute atomic E-state index is 12.9. The Labute approximate surface area is 178 Å². The maximum atomic E-state index is 12.9. The number of nitrogens with zero attached hydrogens (tertiary/aromatic N) is 3. The van der Waals surface area contributed by atoms with E-state index < -0.39 is 0 Å². The second-order valence-electron chi connectivity index (χ2n) is 7.41. The summed E-state index contributed by atoms with van der Waals surface area (Å²) in [5.41, 5.74) is 1.57. The van der Waals surface area contributed by atoms with E-state index in [0.717, 1.165) is 0 Å². The third-order valence-electron chi connectivity index (χ3n) is 5.33. The van der Waals surface area contributed by atoms with Crippen molar-refractivity contribution in [2.45, 2.75) is 26.2 Å². The Bertz CT molecular complexity index is 1210. The number of rotatable bonds is 6. The number of likely N-dealkylation sites (tertiary alicyclic amines) is 1. The Balaban J connectivity index is 1.42. The van der Waals surface area contributed by atoms with Crippen LogP contribution in [0.25, 0.3) is 16.6 Å². The number of fused-ring (bicyclic) bond motifs is 1. The number of hydrogen-bond donors (Lipinski definition) is 1. The molecule has 3 amide bonds. The number of benzene rings is 2. The van der Waals surface area contributed by atoms with Gasteiger partial charge < -0.3 is 5.32 Å². The number of aryl methyl sites for hydroxylation is 1. The lowest BCUT2D eigenvalue weighted by atomic mass is 10.1. The minimum Gasteiger partial charge on any atom is -0.352 e. The topological polar surface area (TPSA) is 101 Å². The van der Waals surface area contributed by atoms with Crippen LogP contribution in [0.1, 0.15) is 35.4 Å². The quantitative estimate of drug-likeness (QED) is 0.487. The average Bonchev–Trinajstić information content (AvgIpc) is 3.09. The molecular formula is C23H22N4O4. The van der Waals surface area contributed by atoms with Crippen LogP contribution in [0.2, 0.25) is 0 Å². The predicted molar refractivity (Wildman–Crippen MR) is 115 cm³/mol. The van der Waals surface area contributed by atoms with Crippen LogP contribution in [0.4, 0.5) is 0 Å². The predicted octanol–water partition coefficient (Wildman–Crippen LogP) is 1.96. The molecule has 3 aromatic rings. The Morgan fingerprint density at radius 2 is 1.68 bits per heavy atom. The van der Waals surface area contributed by atoms with E-state index in [1.54, 1.807) is 49.4 Å². The summed E-state index contributed by atoms with van der Waals surface area (Å²) < 4.78 is 1.52. The highest BCUT2D eigenvalue weighted by Gasteiger charge is 2.27. The van der Waals surface area contributed by atoms with Gasteiger partial charge in [-0.05, 0) is 49.7 Å². The SMILES string of the molecule is Cc1nc2ccccc2c(=O)n1-c1ccc(C(=O)NCCCN2C(=O)CCC2=O)cc1. The first kappa shape index (κ1) is 20.5. The molecule has 0 radical (unpaired) electrons. The third-order valence-corrected chi connectivity index (χ3v) is 5.33. The molecule has 1 aliphatic heterocycles. The third kappa shape index (κ3) is 4.09. The molecule has 1 N–H and O–H groups in total. The number of aromatic nitrogens is 2. The van der Waals surface area contributed by atoms with Gasteiger partial charge in [0.1, 0.15) is 5.82 Å². The molecule has 4 rings (SSSR count). The van der Waals surface area contributed by atoms with Crippen LogP contribution in [-0.4, -0.2) is 45.3 Å². The van der Waals surface area contributed by atoms with Gasteiger partial charge in [0.2, 0.25) is 11.8 Å². The summed E-state index contributed by atoms with van der Waals surface area (Å²) in [5.74, 6) is -0.000461. The van der Waals surface area contributed by atoms with Crippen molar-refractivity contribution in [1.82, 2.24) is 19.8 Å². The lowest BCUT2D eigenvalue weighted by molar-refractivity contribution is -0.138. The van der Waals surface area contributed by atoms with Crippen molar-refractivity contribution in [3.63, 3.8) is 0 Å². The number of carbonyl (C=O) groups excluding carboxylic acids is 3. The lowest BCUT2D eigenvalue weighted by Crippen LogP contribution is -2.33. The summed E-state index contributed by atoms with van der Waals surface area (Å²) in [6.07, 6.45) is 1.04. The van der Waals surface area contributed by atoms with Crippen LogP contribution in [0, 0.1) is 6.92 Å². The molecule has 0 bridgehead atoms. The van der Waals surface area contributed by atoms with Gasteiger partial charge in [0, 0.05) is 31.5 Å². The number of nitrogens with one attached hydrogen (secondary N) is 1. The van der Waals surface area contributed by atoms with E-state index in [9.17, 15) is 19.2 Å². The van der Waals surface area contributed by atoms with Gasteiger partial charge in [-0.3, -0.25) is 28.6 Å². The van der Waals surface area contributed by atoms with Crippen molar-refractivity contribution in [3.8, 4) is 5.69 Å². The second-order valence-corrected chi connectivity index (χ2v) is 7.41. The van der Waals surface area contributed by atoms with E-state index >= 15 is 0 Å². The summed E-state index contributed by atoms with van der Waals surface area (Å²) in [6, 6.07) is 13.9. The standard InChI is InChI=1S/C23H22N4O4/c1-15-25-19-6-3-2-5-18(19)23(31)27(15)17-9-7-16(8-10-17)22(30)24-13-4-14-26-20(28)11-12-21(26)29/h2-3,5-10H,4,11-14H2,1H3,(H,24,30). The molecule has 2 heterocycles. The van der Waals surface area contributed by atoms with Crippen molar-refractivity contribution >= 4 is 28.6 Å². The summed E-state index contributed by atoms with van der Waals surface area (Å²) in [7, 11) is 0. The fraction of sp³-hybridized carbons (Fsp3) is 0.261. The van der Waals surface area contributed by atoms with Crippen molar-refractivity contribution in [1.29, 1.82) is 0 Å². The zero-order valence-corrected chi connectivity index (χ0v) is 17.1. The molecule has 1 saturated heterocycles. The zero-order chi connectivity index (χ0) is 22.0. The fourth-order valence-corrected chi connectivity index (χ4v) is 3.72. The smallest absolute Gasteiger partial charge is 0.265 e. The molecule has 31 heavy (non-hydrogen) atoms. The van der Waals surface area contributed by atoms with Crippen LogP contribution < -0.4 is 10.9 Å². The molecule has 0 saturated carbocycles. The Morgan fingerprint density at radius 3 is 2.39 bits per heavy atom. The molecule has 1 aliphatic rings.